The summed E-state index contributed by atoms with van der Waals surface area (Å²) in [5, 5.41) is 12.4. The molecule has 0 spiro atoms. The van der Waals surface area contributed by atoms with E-state index in [1.807, 2.05) is 6.07 Å². The van der Waals surface area contributed by atoms with Crippen LogP contribution in [-0.2, 0) is 6.54 Å². The molecule has 0 radical (unpaired) electrons. The number of anilines is 1. The van der Waals surface area contributed by atoms with Gasteiger partial charge in [-0.3, -0.25) is 4.79 Å². The van der Waals surface area contributed by atoms with Crippen molar-refractivity contribution in [2.24, 2.45) is 5.73 Å². The molecular formula is C15H11ClFN3O. The number of nitriles is 1. The largest absolute Gasteiger partial charge is 0.380 e. The van der Waals surface area contributed by atoms with E-state index in [0.29, 0.717) is 16.3 Å². The lowest BCUT2D eigenvalue weighted by molar-refractivity contribution is 0.1000. The molecule has 0 heterocycles. The first-order valence-electron chi connectivity index (χ1n) is 6.03. The molecule has 4 nitrogen and oxygen atoms in total. The lowest BCUT2D eigenvalue weighted by Crippen LogP contribution is -2.12. The van der Waals surface area contributed by atoms with Crippen LogP contribution < -0.4 is 11.1 Å². The standard InChI is InChI=1S/C15H11ClFN3O/c16-12-3-1-10(7-18)14(6-12)20-8-11-5-9(15(19)21)2-4-13(11)17/h1-6,20H,8H2,(H2,19,21). The molecule has 1 amide bonds. The summed E-state index contributed by atoms with van der Waals surface area (Å²) in [6.07, 6.45) is 0. The number of nitrogens with two attached hydrogens (primary N) is 1. The zero-order chi connectivity index (χ0) is 15.4. The SMILES string of the molecule is N#Cc1ccc(Cl)cc1NCc1cc(C(N)=O)ccc1F. The molecule has 0 bridgehead atoms. The number of hydrogen-bond acceptors (Lipinski definition) is 3. The Labute approximate surface area is 125 Å². The lowest BCUT2D eigenvalue weighted by atomic mass is 10.1. The smallest absolute Gasteiger partial charge is 0.248 e. The van der Waals surface area contributed by atoms with E-state index >= 15 is 0 Å². The van der Waals surface area contributed by atoms with E-state index in [9.17, 15) is 9.18 Å². The van der Waals surface area contributed by atoms with E-state index in [-0.39, 0.29) is 17.7 Å². The molecule has 0 aliphatic heterocycles. The van der Waals surface area contributed by atoms with Crippen molar-refractivity contribution >= 4 is 23.2 Å². The van der Waals surface area contributed by atoms with E-state index in [2.05, 4.69) is 5.32 Å². The highest BCUT2D eigenvalue weighted by Gasteiger charge is 2.08. The second-order valence-corrected chi connectivity index (χ2v) is 4.76. The number of amides is 1. The molecule has 0 aliphatic rings. The highest BCUT2D eigenvalue weighted by atomic mass is 35.5. The monoisotopic (exact) mass is 303 g/mol. The highest BCUT2D eigenvalue weighted by molar-refractivity contribution is 6.30. The number of carbonyl (C=O) groups is 1. The van der Waals surface area contributed by atoms with Crippen LogP contribution in [0.5, 0.6) is 0 Å². The number of rotatable bonds is 4. The molecule has 2 aromatic carbocycles. The Morgan fingerprint density at radius 3 is 2.76 bits per heavy atom. The van der Waals surface area contributed by atoms with Crippen molar-refractivity contribution in [2.45, 2.75) is 6.54 Å². The van der Waals surface area contributed by atoms with Crippen LogP contribution in [0.3, 0.4) is 0 Å². The molecule has 21 heavy (non-hydrogen) atoms. The minimum absolute atomic E-state index is 0.0992. The topological polar surface area (TPSA) is 78.9 Å². The Balaban J connectivity index is 2.24. The number of nitrogens with one attached hydrogen (secondary N) is 1. The van der Waals surface area contributed by atoms with Crippen molar-refractivity contribution in [1.82, 2.24) is 0 Å². The first-order valence-corrected chi connectivity index (χ1v) is 6.41. The van der Waals surface area contributed by atoms with E-state index < -0.39 is 11.7 Å². The van der Waals surface area contributed by atoms with Crippen molar-refractivity contribution < 1.29 is 9.18 Å². The van der Waals surface area contributed by atoms with Crippen molar-refractivity contribution in [2.75, 3.05) is 5.32 Å². The van der Waals surface area contributed by atoms with Gasteiger partial charge in [-0.05, 0) is 36.4 Å². The minimum Gasteiger partial charge on any atom is -0.380 e. The maximum absolute atomic E-state index is 13.7. The van der Waals surface area contributed by atoms with Gasteiger partial charge in [-0.2, -0.15) is 5.26 Å². The number of carbonyl (C=O) groups excluding carboxylic acids is 1. The molecule has 6 heteroatoms. The summed E-state index contributed by atoms with van der Waals surface area (Å²) < 4.78 is 13.7. The third-order valence-electron chi connectivity index (χ3n) is 2.90. The van der Waals surface area contributed by atoms with Gasteiger partial charge < -0.3 is 11.1 Å². The van der Waals surface area contributed by atoms with Gasteiger partial charge in [0, 0.05) is 22.7 Å². The number of primary amides is 1. The third-order valence-corrected chi connectivity index (χ3v) is 3.14. The van der Waals surface area contributed by atoms with Gasteiger partial charge in [-0.25, -0.2) is 4.39 Å². The van der Waals surface area contributed by atoms with Crippen molar-refractivity contribution in [1.29, 1.82) is 5.26 Å². The van der Waals surface area contributed by atoms with Gasteiger partial charge in [0.15, 0.2) is 0 Å². The van der Waals surface area contributed by atoms with Crippen LogP contribution in [0.4, 0.5) is 10.1 Å². The van der Waals surface area contributed by atoms with Gasteiger partial charge >= 0.3 is 0 Å². The lowest BCUT2D eigenvalue weighted by Gasteiger charge is -2.10. The minimum atomic E-state index is -0.628. The van der Waals surface area contributed by atoms with Crippen molar-refractivity contribution in [3.05, 3.63) is 63.9 Å². The molecule has 0 atom stereocenters. The molecule has 2 aromatic rings. The average Bonchev–Trinajstić information content (AvgIpc) is 2.46. The van der Waals surface area contributed by atoms with Crippen LogP contribution in [0.15, 0.2) is 36.4 Å². The fourth-order valence-corrected chi connectivity index (χ4v) is 1.99. The number of hydrogen-bond donors (Lipinski definition) is 2. The van der Waals surface area contributed by atoms with Crippen LogP contribution in [0.2, 0.25) is 5.02 Å². The predicted octanol–water partition coefficient (Wildman–Crippen LogP) is 3.06. The molecule has 0 unspecified atom stereocenters. The summed E-state index contributed by atoms with van der Waals surface area (Å²) in [4.78, 5) is 11.1. The Bertz CT molecular complexity index is 740. The van der Waals surface area contributed by atoms with Gasteiger partial charge in [0.05, 0.1) is 11.3 Å². The number of nitrogens with zero attached hydrogens (tertiary/aromatic N) is 1. The Morgan fingerprint density at radius 2 is 2.10 bits per heavy atom. The fourth-order valence-electron chi connectivity index (χ4n) is 1.81. The van der Waals surface area contributed by atoms with Crippen molar-refractivity contribution in [3.63, 3.8) is 0 Å². The van der Waals surface area contributed by atoms with Gasteiger partial charge in [-0.1, -0.05) is 11.6 Å². The second kappa shape index (κ2) is 6.25. The fraction of sp³-hybridized carbons (Fsp3) is 0.0667. The molecule has 2 rings (SSSR count). The van der Waals surface area contributed by atoms with Gasteiger partial charge in [0.2, 0.25) is 5.91 Å². The molecule has 0 aromatic heterocycles. The van der Waals surface area contributed by atoms with Crippen LogP contribution in [0.25, 0.3) is 0 Å². The molecule has 3 N–H and O–H groups in total. The zero-order valence-corrected chi connectivity index (χ0v) is 11.6. The molecule has 0 saturated heterocycles. The molecular weight excluding hydrogens is 293 g/mol. The van der Waals surface area contributed by atoms with E-state index in [0.717, 1.165) is 0 Å². The Hall–Kier alpha value is -2.58. The first-order chi connectivity index (χ1) is 10.0. The summed E-state index contributed by atoms with van der Waals surface area (Å²) in [7, 11) is 0. The molecule has 106 valence electrons. The highest BCUT2D eigenvalue weighted by Crippen LogP contribution is 2.21. The second-order valence-electron chi connectivity index (χ2n) is 4.33. The quantitative estimate of drug-likeness (QED) is 0.911. The van der Waals surface area contributed by atoms with E-state index in [4.69, 9.17) is 22.6 Å². The summed E-state index contributed by atoms with van der Waals surface area (Å²) >= 11 is 5.87. The maximum Gasteiger partial charge on any atom is 0.248 e. The number of halogens is 2. The third kappa shape index (κ3) is 3.50. The van der Waals surface area contributed by atoms with Gasteiger partial charge in [0.1, 0.15) is 11.9 Å². The molecule has 0 saturated carbocycles. The van der Waals surface area contributed by atoms with Gasteiger partial charge in [-0.15, -0.1) is 0 Å². The Kier molecular flexibility index (Phi) is 4.41. The molecule has 0 aliphatic carbocycles. The normalized spacial score (nSPS) is 9.95. The predicted molar refractivity (Wildman–Crippen MR) is 78.4 cm³/mol. The number of benzene rings is 2. The maximum atomic E-state index is 13.7. The summed E-state index contributed by atoms with van der Waals surface area (Å²) in [5.74, 6) is -1.09. The van der Waals surface area contributed by atoms with Gasteiger partial charge in [0.25, 0.3) is 0 Å². The van der Waals surface area contributed by atoms with Crippen molar-refractivity contribution in [3.8, 4) is 6.07 Å². The van der Waals surface area contributed by atoms with Crippen LogP contribution in [0.1, 0.15) is 21.5 Å². The zero-order valence-electron chi connectivity index (χ0n) is 10.9. The Morgan fingerprint density at radius 1 is 1.33 bits per heavy atom. The first kappa shape index (κ1) is 14.8. The van der Waals surface area contributed by atoms with E-state index in [1.165, 1.54) is 18.2 Å². The summed E-state index contributed by atoms with van der Waals surface area (Å²) in [6.45, 7) is 0.0992. The van der Waals surface area contributed by atoms with Crippen LogP contribution in [0, 0.1) is 17.1 Å². The molecule has 0 fully saturated rings. The van der Waals surface area contributed by atoms with Crippen LogP contribution >= 0.6 is 11.6 Å². The summed E-state index contributed by atoms with van der Waals surface area (Å²) in [5.41, 5.74) is 6.55. The van der Waals surface area contributed by atoms with Crippen LogP contribution in [-0.4, -0.2) is 5.91 Å². The summed E-state index contributed by atoms with van der Waals surface area (Å²) in [6, 6.07) is 10.6. The van der Waals surface area contributed by atoms with E-state index in [1.54, 1.807) is 18.2 Å². The average molecular weight is 304 g/mol.